The van der Waals surface area contributed by atoms with Crippen molar-refractivity contribution in [2.75, 3.05) is 20.6 Å². The lowest BCUT2D eigenvalue weighted by Crippen LogP contribution is -2.34. The number of hydrogen-bond donors (Lipinski definition) is 1. The predicted octanol–water partition coefficient (Wildman–Crippen LogP) is 4.08. The van der Waals surface area contributed by atoms with E-state index in [0.717, 1.165) is 23.2 Å². The Morgan fingerprint density at radius 2 is 1.92 bits per heavy atom. The molecule has 1 amide bonds. The summed E-state index contributed by atoms with van der Waals surface area (Å²) in [5, 5.41) is 3.76. The van der Waals surface area contributed by atoms with Crippen LogP contribution in [0.15, 0.2) is 54.6 Å². The highest BCUT2D eigenvalue weighted by Gasteiger charge is 2.13. The third-order valence-corrected chi connectivity index (χ3v) is 4.10. The molecule has 126 valence electrons. The van der Waals surface area contributed by atoms with E-state index in [1.54, 1.807) is 12.2 Å². The Labute approximate surface area is 148 Å². The fraction of sp³-hybridized carbons (Fsp3) is 0.250. The van der Waals surface area contributed by atoms with Gasteiger partial charge in [-0.05, 0) is 49.9 Å². The number of amides is 1. The molecular formula is C20H23ClN2O. The Hall–Kier alpha value is -2.10. The van der Waals surface area contributed by atoms with E-state index in [1.165, 1.54) is 0 Å². The molecule has 0 aliphatic carbocycles. The smallest absolute Gasteiger partial charge is 0.244 e. The first kappa shape index (κ1) is 18.2. The van der Waals surface area contributed by atoms with Crippen LogP contribution in [0.2, 0.25) is 5.02 Å². The number of halogens is 1. The van der Waals surface area contributed by atoms with E-state index in [1.807, 2.05) is 69.6 Å². The molecule has 2 aromatic rings. The van der Waals surface area contributed by atoms with Gasteiger partial charge in [0.2, 0.25) is 5.91 Å². The van der Waals surface area contributed by atoms with E-state index >= 15 is 0 Å². The van der Waals surface area contributed by atoms with E-state index in [2.05, 4.69) is 10.2 Å². The van der Waals surface area contributed by atoms with Crippen LogP contribution in [0.1, 0.15) is 22.7 Å². The van der Waals surface area contributed by atoms with E-state index in [9.17, 15) is 4.79 Å². The quantitative estimate of drug-likeness (QED) is 0.802. The normalized spacial score (nSPS) is 12.5. The van der Waals surface area contributed by atoms with Crippen molar-refractivity contribution >= 4 is 23.6 Å². The summed E-state index contributed by atoms with van der Waals surface area (Å²) in [4.78, 5) is 14.3. The maximum atomic E-state index is 12.3. The van der Waals surface area contributed by atoms with Crippen molar-refractivity contribution in [1.82, 2.24) is 10.2 Å². The molecule has 24 heavy (non-hydrogen) atoms. The molecule has 1 atom stereocenters. The zero-order valence-corrected chi connectivity index (χ0v) is 15.0. The third-order valence-electron chi connectivity index (χ3n) is 3.69. The summed E-state index contributed by atoms with van der Waals surface area (Å²) in [7, 11) is 3.98. The average Bonchev–Trinajstić information content (AvgIpc) is 2.56. The van der Waals surface area contributed by atoms with Crippen molar-refractivity contribution in [3.8, 4) is 0 Å². The van der Waals surface area contributed by atoms with Crippen LogP contribution >= 0.6 is 11.6 Å². The molecule has 0 saturated carbocycles. The maximum absolute atomic E-state index is 12.3. The van der Waals surface area contributed by atoms with Gasteiger partial charge in [0.1, 0.15) is 0 Å². The van der Waals surface area contributed by atoms with Gasteiger partial charge in [-0.25, -0.2) is 0 Å². The minimum Gasteiger partial charge on any atom is -0.344 e. The van der Waals surface area contributed by atoms with Crippen molar-refractivity contribution in [3.05, 3.63) is 76.3 Å². The van der Waals surface area contributed by atoms with Crippen molar-refractivity contribution in [2.24, 2.45) is 0 Å². The van der Waals surface area contributed by atoms with Crippen LogP contribution in [0, 0.1) is 6.92 Å². The van der Waals surface area contributed by atoms with Gasteiger partial charge in [-0.15, -0.1) is 0 Å². The first-order valence-electron chi connectivity index (χ1n) is 7.90. The van der Waals surface area contributed by atoms with E-state index in [4.69, 9.17) is 11.6 Å². The highest BCUT2D eigenvalue weighted by molar-refractivity contribution is 6.31. The summed E-state index contributed by atoms with van der Waals surface area (Å²) in [5.74, 6) is -0.123. The molecule has 0 spiro atoms. The topological polar surface area (TPSA) is 32.3 Å². The fourth-order valence-corrected chi connectivity index (χ4v) is 2.58. The zero-order valence-electron chi connectivity index (χ0n) is 14.3. The summed E-state index contributed by atoms with van der Waals surface area (Å²) < 4.78 is 0. The highest BCUT2D eigenvalue weighted by atomic mass is 35.5. The molecule has 0 heterocycles. The summed E-state index contributed by atoms with van der Waals surface area (Å²) in [6.07, 6.45) is 3.32. The van der Waals surface area contributed by atoms with Crippen molar-refractivity contribution in [3.63, 3.8) is 0 Å². The lowest BCUT2D eigenvalue weighted by atomic mass is 10.1. The van der Waals surface area contributed by atoms with Gasteiger partial charge in [0.25, 0.3) is 0 Å². The van der Waals surface area contributed by atoms with Crippen molar-refractivity contribution in [1.29, 1.82) is 0 Å². The average molecular weight is 343 g/mol. The second kappa shape index (κ2) is 8.67. The Bertz CT molecular complexity index is 711. The van der Waals surface area contributed by atoms with Gasteiger partial charge in [-0.1, -0.05) is 54.1 Å². The van der Waals surface area contributed by atoms with Gasteiger partial charge in [0, 0.05) is 17.6 Å². The summed E-state index contributed by atoms with van der Waals surface area (Å²) >= 11 is 6.11. The van der Waals surface area contributed by atoms with Crippen LogP contribution in [0.3, 0.4) is 0 Å². The molecule has 0 unspecified atom stereocenters. The molecule has 1 N–H and O–H groups in total. The standard InChI is InChI=1S/C20H23ClN2O/c1-15-9-10-16(13-18(15)21)11-12-20(24)22-19(14-23(2)3)17-7-5-4-6-8-17/h4-13,19H,14H2,1-3H3,(H,22,24)/b12-11+/t19-/m0/s1. The van der Waals surface area contributed by atoms with Gasteiger partial charge in [-0.2, -0.15) is 0 Å². The zero-order chi connectivity index (χ0) is 17.5. The van der Waals surface area contributed by atoms with Crippen LogP contribution in [0.4, 0.5) is 0 Å². The number of carbonyl (C=O) groups is 1. The lowest BCUT2D eigenvalue weighted by molar-refractivity contribution is -0.117. The molecule has 0 aromatic heterocycles. The Morgan fingerprint density at radius 3 is 2.54 bits per heavy atom. The van der Waals surface area contributed by atoms with Crippen LogP contribution in [0.25, 0.3) is 6.08 Å². The first-order chi connectivity index (χ1) is 11.5. The lowest BCUT2D eigenvalue weighted by Gasteiger charge is -2.22. The second-order valence-corrected chi connectivity index (χ2v) is 6.48. The van der Waals surface area contributed by atoms with Gasteiger partial charge in [0.05, 0.1) is 6.04 Å². The van der Waals surface area contributed by atoms with E-state index < -0.39 is 0 Å². The van der Waals surface area contributed by atoms with Crippen LogP contribution in [0.5, 0.6) is 0 Å². The molecule has 2 aromatic carbocycles. The molecule has 0 radical (unpaired) electrons. The van der Waals surface area contributed by atoms with Gasteiger partial charge < -0.3 is 10.2 Å². The first-order valence-corrected chi connectivity index (χ1v) is 8.28. The monoisotopic (exact) mass is 342 g/mol. The van der Waals surface area contributed by atoms with Crippen molar-refractivity contribution in [2.45, 2.75) is 13.0 Å². The van der Waals surface area contributed by atoms with Gasteiger partial charge in [0.15, 0.2) is 0 Å². The van der Waals surface area contributed by atoms with Gasteiger partial charge in [-0.3, -0.25) is 4.79 Å². The number of benzene rings is 2. The summed E-state index contributed by atoms with van der Waals surface area (Å²) in [6.45, 7) is 2.69. The molecule has 0 saturated heterocycles. The molecule has 2 rings (SSSR count). The Morgan fingerprint density at radius 1 is 1.21 bits per heavy atom. The number of nitrogens with zero attached hydrogens (tertiary/aromatic N) is 1. The molecule has 0 aliphatic heterocycles. The fourth-order valence-electron chi connectivity index (χ4n) is 2.39. The minimum atomic E-state index is -0.123. The third kappa shape index (κ3) is 5.52. The maximum Gasteiger partial charge on any atom is 0.244 e. The molecule has 3 nitrogen and oxygen atoms in total. The SMILES string of the molecule is Cc1ccc(/C=C/C(=O)N[C@@H](CN(C)C)c2ccccc2)cc1Cl. The van der Waals surface area contributed by atoms with Gasteiger partial charge >= 0.3 is 0 Å². The van der Waals surface area contributed by atoms with Crippen LogP contribution < -0.4 is 5.32 Å². The van der Waals surface area contributed by atoms with E-state index in [0.29, 0.717) is 5.02 Å². The van der Waals surface area contributed by atoms with Crippen molar-refractivity contribution < 1.29 is 4.79 Å². The number of nitrogens with one attached hydrogen (secondary N) is 1. The predicted molar refractivity (Wildman–Crippen MR) is 101 cm³/mol. The number of likely N-dealkylation sites (N-methyl/N-ethyl adjacent to an activating group) is 1. The second-order valence-electron chi connectivity index (χ2n) is 6.08. The molecular weight excluding hydrogens is 320 g/mol. The number of hydrogen-bond acceptors (Lipinski definition) is 2. The summed E-state index contributed by atoms with van der Waals surface area (Å²) in [5.41, 5.74) is 3.02. The number of carbonyl (C=O) groups excluding carboxylic acids is 1. The molecule has 0 fully saturated rings. The molecule has 0 aliphatic rings. The summed E-state index contributed by atoms with van der Waals surface area (Å²) in [6, 6.07) is 15.7. The van der Waals surface area contributed by atoms with E-state index in [-0.39, 0.29) is 11.9 Å². The number of rotatable bonds is 6. The Kier molecular flexibility index (Phi) is 6.59. The largest absolute Gasteiger partial charge is 0.344 e. The number of aryl methyl sites for hydroxylation is 1. The molecule has 4 heteroatoms. The Balaban J connectivity index is 2.07. The highest BCUT2D eigenvalue weighted by Crippen LogP contribution is 2.18. The molecule has 0 bridgehead atoms. The van der Waals surface area contributed by atoms with Crippen LogP contribution in [-0.2, 0) is 4.79 Å². The van der Waals surface area contributed by atoms with Crippen LogP contribution in [-0.4, -0.2) is 31.4 Å². The minimum absolute atomic E-state index is 0.0556.